The van der Waals surface area contributed by atoms with E-state index in [2.05, 4.69) is 38.1 Å². The quantitative estimate of drug-likeness (QED) is 0.434. The number of sulfonamides is 1. The molecule has 0 saturated carbocycles. The van der Waals surface area contributed by atoms with Gasteiger partial charge in [-0.05, 0) is 80.9 Å². The van der Waals surface area contributed by atoms with Crippen molar-refractivity contribution in [3.05, 3.63) is 76.6 Å². The number of aromatic nitrogens is 3. The summed E-state index contributed by atoms with van der Waals surface area (Å²) in [5.41, 5.74) is 11.0. The van der Waals surface area contributed by atoms with Crippen LogP contribution in [0.15, 0.2) is 53.6 Å². The van der Waals surface area contributed by atoms with Crippen LogP contribution in [0.3, 0.4) is 0 Å². The lowest BCUT2D eigenvalue weighted by Crippen LogP contribution is -2.45. The summed E-state index contributed by atoms with van der Waals surface area (Å²) in [6, 6.07) is 12.1. The van der Waals surface area contributed by atoms with Crippen LogP contribution in [-0.2, 0) is 34.2 Å². The van der Waals surface area contributed by atoms with E-state index in [1.54, 1.807) is 18.3 Å². The summed E-state index contributed by atoms with van der Waals surface area (Å²) in [6.45, 7) is 5.22. The first-order chi connectivity index (χ1) is 18.3. The van der Waals surface area contributed by atoms with Gasteiger partial charge in [0.2, 0.25) is 15.9 Å². The molecule has 1 fully saturated rings. The highest BCUT2D eigenvalue weighted by Crippen LogP contribution is 2.33. The fraction of sp³-hybridized carbons (Fsp3) is 0.464. The number of benzene rings is 2. The minimum Gasteiger partial charge on any atom is -0.368 e. The number of nitrogens with zero attached hydrogens (tertiary/aromatic N) is 4. The number of rotatable bonds is 9. The second kappa shape index (κ2) is 11.3. The largest absolute Gasteiger partial charge is 0.368 e. The number of hydrogen-bond donors (Lipinski definition) is 2. The SMILES string of the molecule is Cc1ccc(S(=O)(=O)N[C@H](Cc2cn([C@@H]3CCCc4cc(CN5CCCCC5)ccc43)nn2)C(N)=O)cc1. The van der Waals surface area contributed by atoms with Crippen LogP contribution in [0, 0.1) is 6.92 Å². The molecule has 2 atom stereocenters. The second-order valence-electron chi connectivity index (χ2n) is 10.6. The van der Waals surface area contributed by atoms with Crippen LogP contribution in [0.2, 0.25) is 0 Å². The third kappa shape index (κ3) is 6.14. The molecule has 9 nitrogen and oxygen atoms in total. The van der Waals surface area contributed by atoms with Crippen molar-refractivity contribution in [2.24, 2.45) is 5.73 Å². The van der Waals surface area contributed by atoms with Gasteiger partial charge in [-0.2, -0.15) is 4.72 Å². The fourth-order valence-corrected chi connectivity index (χ4v) is 6.74. The third-order valence-electron chi connectivity index (χ3n) is 7.61. The Bertz CT molecular complexity index is 1380. The highest BCUT2D eigenvalue weighted by molar-refractivity contribution is 7.89. The van der Waals surface area contributed by atoms with E-state index in [1.807, 2.05) is 11.6 Å². The maximum absolute atomic E-state index is 12.8. The summed E-state index contributed by atoms with van der Waals surface area (Å²) in [6.07, 6.45) is 8.78. The molecule has 38 heavy (non-hydrogen) atoms. The van der Waals surface area contributed by atoms with Crippen molar-refractivity contribution in [3.8, 4) is 0 Å². The predicted molar refractivity (Wildman–Crippen MR) is 145 cm³/mol. The fourth-order valence-electron chi connectivity index (χ4n) is 5.53. The average molecular weight is 537 g/mol. The monoisotopic (exact) mass is 536 g/mol. The molecule has 10 heteroatoms. The summed E-state index contributed by atoms with van der Waals surface area (Å²) >= 11 is 0. The molecule has 2 aromatic carbocycles. The van der Waals surface area contributed by atoms with E-state index in [0.29, 0.717) is 5.69 Å². The van der Waals surface area contributed by atoms with Crippen LogP contribution < -0.4 is 10.5 Å². The van der Waals surface area contributed by atoms with Crippen LogP contribution >= 0.6 is 0 Å². The number of carbonyl (C=O) groups excluding carboxylic acids is 1. The molecular weight excluding hydrogens is 500 g/mol. The number of primary amides is 1. The number of hydrogen-bond acceptors (Lipinski definition) is 6. The summed E-state index contributed by atoms with van der Waals surface area (Å²) < 4.78 is 29.9. The van der Waals surface area contributed by atoms with E-state index in [9.17, 15) is 13.2 Å². The molecule has 202 valence electrons. The van der Waals surface area contributed by atoms with Gasteiger partial charge in [0.05, 0.1) is 16.6 Å². The maximum Gasteiger partial charge on any atom is 0.241 e. The van der Waals surface area contributed by atoms with E-state index in [4.69, 9.17) is 5.73 Å². The molecule has 2 heterocycles. The van der Waals surface area contributed by atoms with Gasteiger partial charge in [-0.3, -0.25) is 9.69 Å². The molecule has 3 N–H and O–H groups in total. The molecule has 5 rings (SSSR count). The first-order valence-electron chi connectivity index (χ1n) is 13.4. The Labute approximate surface area is 224 Å². The lowest BCUT2D eigenvalue weighted by molar-refractivity contribution is -0.119. The lowest BCUT2D eigenvalue weighted by atomic mass is 9.86. The van der Waals surface area contributed by atoms with Gasteiger partial charge >= 0.3 is 0 Å². The number of aryl methyl sites for hydroxylation is 2. The number of nitrogens with one attached hydrogen (secondary N) is 1. The molecule has 1 saturated heterocycles. The number of carbonyl (C=O) groups is 1. The summed E-state index contributed by atoms with van der Waals surface area (Å²) in [7, 11) is -3.92. The van der Waals surface area contributed by atoms with Gasteiger partial charge in [0.25, 0.3) is 0 Å². The number of piperidine rings is 1. The van der Waals surface area contributed by atoms with Crippen molar-refractivity contribution >= 4 is 15.9 Å². The van der Waals surface area contributed by atoms with Crippen LogP contribution in [0.1, 0.15) is 66.1 Å². The van der Waals surface area contributed by atoms with E-state index in [-0.39, 0.29) is 17.4 Å². The molecule has 0 radical (unpaired) electrons. The highest BCUT2D eigenvalue weighted by Gasteiger charge is 2.27. The molecule has 2 aliphatic rings. The zero-order valence-corrected chi connectivity index (χ0v) is 22.7. The van der Waals surface area contributed by atoms with E-state index in [0.717, 1.165) is 31.4 Å². The van der Waals surface area contributed by atoms with Gasteiger partial charge in [-0.1, -0.05) is 47.5 Å². The number of nitrogens with two attached hydrogens (primary N) is 1. The molecular formula is C28H36N6O3S. The Morgan fingerprint density at radius 2 is 1.87 bits per heavy atom. The van der Waals surface area contributed by atoms with Gasteiger partial charge in [0, 0.05) is 19.2 Å². The van der Waals surface area contributed by atoms with Crippen molar-refractivity contribution < 1.29 is 13.2 Å². The van der Waals surface area contributed by atoms with Crippen LogP contribution in [0.25, 0.3) is 0 Å². The van der Waals surface area contributed by atoms with E-state index < -0.39 is 22.0 Å². The Morgan fingerprint density at radius 3 is 2.61 bits per heavy atom. The zero-order chi connectivity index (χ0) is 26.7. The lowest BCUT2D eigenvalue weighted by Gasteiger charge is -2.29. The number of fused-ring (bicyclic) bond motifs is 1. The van der Waals surface area contributed by atoms with Crippen molar-refractivity contribution in [1.82, 2.24) is 24.6 Å². The summed E-state index contributed by atoms with van der Waals surface area (Å²) in [5.74, 6) is -0.764. The smallest absolute Gasteiger partial charge is 0.241 e. The molecule has 0 unspecified atom stereocenters. The normalized spacial score (nSPS) is 19.1. The second-order valence-corrected chi connectivity index (χ2v) is 12.3. The molecule has 3 aromatic rings. The van der Waals surface area contributed by atoms with Gasteiger partial charge in [-0.25, -0.2) is 13.1 Å². The van der Waals surface area contributed by atoms with Gasteiger partial charge in [0.1, 0.15) is 6.04 Å². The Balaban J connectivity index is 1.29. The van der Waals surface area contributed by atoms with Crippen molar-refractivity contribution in [2.45, 2.75) is 75.4 Å². The third-order valence-corrected chi connectivity index (χ3v) is 9.09. The number of likely N-dealkylation sites (tertiary alicyclic amines) is 1. The molecule has 1 amide bonds. The van der Waals surface area contributed by atoms with Crippen molar-refractivity contribution in [3.63, 3.8) is 0 Å². The Morgan fingerprint density at radius 1 is 1.11 bits per heavy atom. The molecule has 0 bridgehead atoms. The summed E-state index contributed by atoms with van der Waals surface area (Å²) in [4.78, 5) is 14.8. The topological polar surface area (TPSA) is 123 Å². The minimum absolute atomic E-state index is 0.0226. The van der Waals surface area contributed by atoms with Crippen LogP contribution in [0.5, 0.6) is 0 Å². The molecule has 1 aliphatic carbocycles. The van der Waals surface area contributed by atoms with E-state index >= 15 is 0 Å². The van der Waals surface area contributed by atoms with Gasteiger partial charge in [0.15, 0.2) is 0 Å². The zero-order valence-electron chi connectivity index (χ0n) is 21.8. The summed E-state index contributed by atoms with van der Waals surface area (Å²) in [5, 5.41) is 8.62. The Kier molecular flexibility index (Phi) is 7.92. The molecule has 0 spiro atoms. The highest BCUT2D eigenvalue weighted by atomic mass is 32.2. The minimum atomic E-state index is -3.92. The average Bonchev–Trinajstić information content (AvgIpc) is 3.37. The number of amides is 1. The van der Waals surface area contributed by atoms with Crippen molar-refractivity contribution in [2.75, 3.05) is 13.1 Å². The van der Waals surface area contributed by atoms with Crippen LogP contribution in [-0.4, -0.2) is 53.4 Å². The predicted octanol–water partition coefficient (Wildman–Crippen LogP) is 2.87. The molecule has 1 aromatic heterocycles. The van der Waals surface area contributed by atoms with E-state index in [1.165, 1.54) is 61.2 Å². The Hall–Kier alpha value is -3.08. The van der Waals surface area contributed by atoms with Crippen molar-refractivity contribution in [1.29, 1.82) is 0 Å². The first-order valence-corrected chi connectivity index (χ1v) is 14.9. The molecule has 1 aliphatic heterocycles. The maximum atomic E-state index is 12.8. The standard InChI is InChI=1S/C28H36N6O3S/c1-20-8-11-24(12-9-20)38(36,37)31-26(28(29)35)17-23-19-34(32-30-23)27-7-5-6-22-16-21(10-13-25(22)27)18-33-14-3-2-4-15-33/h8-13,16,19,26-27,31H,2-7,14-15,17-18H2,1H3,(H2,29,35)/t26-,27-/m1/s1. The van der Waals surface area contributed by atoms with Gasteiger partial charge in [-0.15, -0.1) is 5.10 Å². The first kappa shape index (κ1) is 26.5. The van der Waals surface area contributed by atoms with Crippen LogP contribution in [0.4, 0.5) is 0 Å². The van der Waals surface area contributed by atoms with Gasteiger partial charge < -0.3 is 5.73 Å².